The van der Waals surface area contributed by atoms with Crippen molar-refractivity contribution in [3.05, 3.63) is 0 Å². The molecular formula is C2H8OSi2. The maximum atomic E-state index is 5.22. The van der Waals surface area contributed by atoms with Gasteiger partial charge >= 0.3 is 0 Å². The summed E-state index contributed by atoms with van der Waals surface area (Å²) < 4.78 is 5.22. The van der Waals surface area contributed by atoms with Crippen LogP contribution in [0.1, 0.15) is 0 Å². The summed E-state index contributed by atoms with van der Waals surface area (Å²) in [6.07, 6.45) is 0. The lowest BCUT2D eigenvalue weighted by molar-refractivity contribution is 0.665. The molecule has 0 aromatic rings. The normalized spacial score (nSPS) is 33.6. The van der Waals surface area contributed by atoms with Crippen LogP contribution in [0.2, 0.25) is 12.1 Å². The lowest BCUT2D eigenvalue weighted by atomic mass is 11.0. The Bertz CT molecular complexity index is 19.2. The average molecular weight is 104 g/mol. The summed E-state index contributed by atoms with van der Waals surface area (Å²) in [7, 11) is 0.210. The predicted octanol–water partition coefficient (Wildman–Crippen LogP) is -0.979. The molecule has 0 aromatic heterocycles. The quantitative estimate of drug-likeness (QED) is 0.359. The van der Waals surface area contributed by atoms with Crippen LogP contribution in [0.15, 0.2) is 0 Å². The third kappa shape index (κ3) is 0.865. The summed E-state index contributed by atoms with van der Waals surface area (Å²) in [5, 5.41) is 0. The van der Waals surface area contributed by atoms with E-state index in [1.165, 1.54) is 12.1 Å². The lowest BCUT2D eigenvalue weighted by Gasteiger charge is -1.76. The molecule has 1 heterocycles. The first-order valence-corrected chi connectivity index (χ1v) is 5.23. The zero-order chi connectivity index (χ0) is 3.54. The van der Waals surface area contributed by atoms with Gasteiger partial charge in [-0.05, 0) is 12.1 Å². The molecule has 1 saturated heterocycles. The molecule has 30 valence electrons. The zero-order valence-corrected chi connectivity index (χ0v) is 6.07. The van der Waals surface area contributed by atoms with Gasteiger partial charge in [-0.2, -0.15) is 0 Å². The molecule has 1 nitrogen and oxygen atoms in total. The van der Waals surface area contributed by atoms with Gasteiger partial charge in [0.2, 0.25) is 0 Å². The third-order valence-electron chi connectivity index (χ3n) is 0.827. The van der Waals surface area contributed by atoms with Gasteiger partial charge < -0.3 is 4.12 Å². The van der Waals surface area contributed by atoms with E-state index in [0.717, 1.165) is 0 Å². The van der Waals surface area contributed by atoms with Crippen molar-refractivity contribution in [1.29, 1.82) is 0 Å². The Balaban J connectivity index is 2.08. The molecule has 1 aliphatic rings. The van der Waals surface area contributed by atoms with E-state index in [1.54, 1.807) is 0 Å². The molecule has 5 heavy (non-hydrogen) atoms. The first kappa shape index (κ1) is 3.58. The monoisotopic (exact) mass is 104 g/mol. The second-order valence-electron chi connectivity index (χ2n) is 1.32. The molecule has 0 N–H and O–H groups in total. The van der Waals surface area contributed by atoms with Gasteiger partial charge in [-0.25, -0.2) is 0 Å². The minimum atomic E-state index is 0.105. The van der Waals surface area contributed by atoms with Crippen molar-refractivity contribution in [3.8, 4) is 0 Å². The van der Waals surface area contributed by atoms with E-state index in [1.807, 2.05) is 0 Å². The van der Waals surface area contributed by atoms with E-state index >= 15 is 0 Å². The van der Waals surface area contributed by atoms with Crippen LogP contribution in [0, 0.1) is 0 Å². The largest absolute Gasteiger partial charge is 0.465 e. The maximum absolute atomic E-state index is 5.22. The summed E-state index contributed by atoms with van der Waals surface area (Å²) in [5.41, 5.74) is 0. The Morgan fingerprint density at radius 3 is 2.00 bits per heavy atom. The van der Waals surface area contributed by atoms with Crippen LogP contribution < -0.4 is 0 Å². The molecule has 1 fully saturated rings. The van der Waals surface area contributed by atoms with Crippen molar-refractivity contribution in [2.45, 2.75) is 12.1 Å². The van der Waals surface area contributed by atoms with Crippen LogP contribution in [-0.2, 0) is 4.12 Å². The van der Waals surface area contributed by atoms with E-state index in [-0.39, 0.29) is 19.5 Å². The molecule has 0 saturated carbocycles. The molecule has 0 amide bonds. The fourth-order valence-corrected chi connectivity index (χ4v) is 4.59. The third-order valence-corrected chi connectivity index (χ3v) is 5.71. The first-order chi connectivity index (χ1) is 2.50. The molecule has 1 aliphatic heterocycles. The molecule has 0 bridgehead atoms. The Morgan fingerprint density at radius 2 is 1.80 bits per heavy atom. The Morgan fingerprint density at radius 1 is 1.20 bits per heavy atom. The molecule has 0 aromatic carbocycles. The van der Waals surface area contributed by atoms with Gasteiger partial charge in [0.1, 0.15) is 19.5 Å². The van der Waals surface area contributed by atoms with Crippen LogP contribution >= 0.6 is 0 Å². The molecule has 0 unspecified atom stereocenters. The number of hydrogen-bond donors (Lipinski definition) is 0. The fourth-order valence-electron chi connectivity index (χ4n) is 0.510. The molecule has 0 radical (unpaired) electrons. The van der Waals surface area contributed by atoms with Gasteiger partial charge in [0.25, 0.3) is 0 Å². The Kier molecular flexibility index (Phi) is 1.25. The molecule has 0 atom stereocenters. The van der Waals surface area contributed by atoms with Crippen LogP contribution in [0.5, 0.6) is 0 Å². The Hall–Kier alpha value is 0.394. The minimum Gasteiger partial charge on any atom is -0.465 e. The second kappa shape index (κ2) is 1.74. The topological polar surface area (TPSA) is 9.23 Å². The number of rotatable bonds is 0. The summed E-state index contributed by atoms with van der Waals surface area (Å²) in [4.78, 5) is 0. The molecule has 0 aliphatic carbocycles. The highest BCUT2D eigenvalue weighted by atomic mass is 28.3. The molecular weight excluding hydrogens is 96.2 g/mol. The van der Waals surface area contributed by atoms with E-state index in [4.69, 9.17) is 4.12 Å². The van der Waals surface area contributed by atoms with Crippen LogP contribution in [0.3, 0.4) is 0 Å². The van der Waals surface area contributed by atoms with Crippen LogP contribution in [0.25, 0.3) is 0 Å². The maximum Gasteiger partial charge on any atom is 0.145 e. The molecule has 1 rings (SSSR count). The van der Waals surface area contributed by atoms with Gasteiger partial charge in [-0.15, -0.1) is 0 Å². The van der Waals surface area contributed by atoms with Gasteiger partial charge in [-0.3, -0.25) is 0 Å². The van der Waals surface area contributed by atoms with Crippen molar-refractivity contribution in [1.82, 2.24) is 0 Å². The van der Waals surface area contributed by atoms with Gasteiger partial charge in [-0.1, -0.05) is 0 Å². The highest BCUT2D eigenvalue weighted by molar-refractivity contribution is 6.48. The summed E-state index contributed by atoms with van der Waals surface area (Å²) in [6.45, 7) is 0. The van der Waals surface area contributed by atoms with E-state index in [2.05, 4.69) is 0 Å². The summed E-state index contributed by atoms with van der Waals surface area (Å²) in [5.74, 6) is 0. The number of hydrogen-bond acceptors (Lipinski definition) is 1. The molecule has 3 heteroatoms. The summed E-state index contributed by atoms with van der Waals surface area (Å²) >= 11 is 0. The standard InChI is InChI=1S/C2H8OSi2/c1-2-5-3-4-1/h1-2,4-5H2. The molecule has 0 spiro atoms. The highest BCUT2D eigenvalue weighted by Gasteiger charge is 1.97. The zero-order valence-electron chi connectivity index (χ0n) is 3.24. The van der Waals surface area contributed by atoms with Crippen LogP contribution in [-0.4, -0.2) is 19.5 Å². The minimum absolute atomic E-state index is 0.105. The highest BCUT2D eigenvalue weighted by Crippen LogP contribution is 1.96. The van der Waals surface area contributed by atoms with Gasteiger partial charge in [0.15, 0.2) is 0 Å². The Labute approximate surface area is 36.6 Å². The van der Waals surface area contributed by atoms with Crippen molar-refractivity contribution in [2.75, 3.05) is 0 Å². The predicted molar refractivity (Wildman–Crippen MR) is 27.8 cm³/mol. The fraction of sp³-hybridized carbons (Fsp3) is 1.00. The second-order valence-corrected chi connectivity index (χ2v) is 5.18. The van der Waals surface area contributed by atoms with Crippen molar-refractivity contribution >= 4 is 19.5 Å². The smallest absolute Gasteiger partial charge is 0.145 e. The van der Waals surface area contributed by atoms with Crippen molar-refractivity contribution in [3.63, 3.8) is 0 Å². The summed E-state index contributed by atoms with van der Waals surface area (Å²) in [6, 6.07) is 2.96. The van der Waals surface area contributed by atoms with Crippen molar-refractivity contribution in [2.24, 2.45) is 0 Å². The van der Waals surface area contributed by atoms with Gasteiger partial charge in [0.05, 0.1) is 0 Å². The lowest BCUT2D eigenvalue weighted by Crippen LogP contribution is -1.84. The first-order valence-electron chi connectivity index (χ1n) is 2.08. The SMILES string of the molecule is C1C[SiH2]O[SiH2]1. The average Bonchev–Trinajstić information content (AvgIpc) is 1.76. The van der Waals surface area contributed by atoms with Gasteiger partial charge in [0, 0.05) is 0 Å². The van der Waals surface area contributed by atoms with Crippen LogP contribution in [0.4, 0.5) is 0 Å². The van der Waals surface area contributed by atoms with Crippen molar-refractivity contribution < 1.29 is 4.12 Å². The van der Waals surface area contributed by atoms with E-state index < -0.39 is 0 Å². The van der Waals surface area contributed by atoms with E-state index in [9.17, 15) is 0 Å². The van der Waals surface area contributed by atoms with E-state index in [0.29, 0.717) is 0 Å².